The van der Waals surface area contributed by atoms with Crippen LogP contribution in [0.4, 0.5) is 0 Å². The van der Waals surface area contributed by atoms with Crippen LogP contribution >= 0.6 is 0 Å². The van der Waals surface area contributed by atoms with Gasteiger partial charge >= 0.3 is 0 Å². The van der Waals surface area contributed by atoms with Crippen LogP contribution in [0.25, 0.3) is 11.2 Å². The summed E-state index contributed by atoms with van der Waals surface area (Å²) in [7, 11) is 0. The van der Waals surface area contributed by atoms with Crippen molar-refractivity contribution in [3.8, 4) is 0 Å². The first-order chi connectivity index (χ1) is 12.2. The fourth-order valence-electron chi connectivity index (χ4n) is 4.42. The second-order valence-electron chi connectivity index (χ2n) is 7.49. The molecule has 1 aliphatic heterocycles. The largest absolute Gasteiger partial charge is 0.390 e. The quantitative estimate of drug-likeness (QED) is 0.892. The third kappa shape index (κ3) is 3.25. The van der Waals surface area contributed by atoms with E-state index in [0.29, 0.717) is 23.1 Å². The topological polar surface area (TPSA) is 95.0 Å². The van der Waals surface area contributed by atoms with Crippen molar-refractivity contribution in [2.45, 2.75) is 69.4 Å². The zero-order chi connectivity index (χ0) is 17.3. The van der Waals surface area contributed by atoms with Crippen LogP contribution in [0.15, 0.2) is 12.3 Å². The number of fused-ring (bicyclic) bond motifs is 1. The van der Waals surface area contributed by atoms with Gasteiger partial charge in [-0.3, -0.25) is 4.79 Å². The minimum absolute atomic E-state index is 0.0228. The van der Waals surface area contributed by atoms with E-state index in [4.69, 9.17) is 0 Å². The molecule has 0 spiro atoms. The van der Waals surface area contributed by atoms with Gasteiger partial charge in [-0.05, 0) is 44.6 Å². The van der Waals surface area contributed by atoms with Gasteiger partial charge in [-0.15, -0.1) is 5.10 Å². The summed E-state index contributed by atoms with van der Waals surface area (Å²) in [6.45, 7) is 0.737. The highest BCUT2D eigenvalue weighted by atomic mass is 16.3. The normalized spacial score (nSPS) is 23.7. The highest BCUT2D eigenvalue weighted by Gasteiger charge is 2.37. The lowest BCUT2D eigenvalue weighted by molar-refractivity contribution is -0.0296. The maximum absolute atomic E-state index is 13.2. The van der Waals surface area contributed by atoms with Gasteiger partial charge in [0.15, 0.2) is 0 Å². The Morgan fingerprint density at radius 1 is 1.24 bits per heavy atom. The predicted molar refractivity (Wildman–Crippen MR) is 93.0 cm³/mol. The van der Waals surface area contributed by atoms with Crippen molar-refractivity contribution < 1.29 is 9.90 Å². The lowest BCUT2D eigenvalue weighted by Crippen LogP contribution is -2.48. The molecule has 1 atom stereocenters. The summed E-state index contributed by atoms with van der Waals surface area (Å²) in [5, 5.41) is 21.6. The van der Waals surface area contributed by atoms with Crippen LogP contribution in [0.3, 0.4) is 0 Å². The summed E-state index contributed by atoms with van der Waals surface area (Å²) in [5.41, 5.74) is 0.917. The zero-order valence-corrected chi connectivity index (χ0v) is 14.4. The molecular weight excluding hydrogens is 318 g/mol. The van der Waals surface area contributed by atoms with Gasteiger partial charge in [0.05, 0.1) is 11.2 Å². The van der Waals surface area contributed by atoms with E-state index in [0.717, 1.165) is 51.5 Å². The number of piperidine rings is 1. The number of nitrogens with zero attached hydrogens (tertiary/aromatic N) is 4. The molecule has 1 saturated carbocycles. The average Bonchev–Trinajstić information content (AvgIpc) is 3.10. The smallest absolute Gasteiger partial charge is 0.256 e. The fourth-order valence-corrected chi connectivity index (χ4v) is 4.42. The van der Waals surface area contributed by atoms with Crippen molar-refractivity contribution >= 4 is 17.1 Å². The van der Waals surface area contributed by atoms with Gasteiger partial charge in [-0.2, -0.15) is 10.3 Å². The first kappa shape index (κ1) is 16.4. The van der Waals surface area contributed by atoms with Crippen molar-refractivity contribution in [3.63, 3.8) is 0 Å². The fraction of sp³-hybridized carbons (Fsp3) is 0.667. The van der Waals surface area contributed by atoms with Crippen LogP contribution in [0.1, 0.15) is 68.1 Å². The Kier molecular flexibility index (Phi) is 4.41. The Hall–Kier alpha value is -2.02. The van der Waals surface area contributed by atoms with Gasteiger partial charge < -0.3 is 10.0 Å². The number of nitrogens with one attached hydrogen (secondary N) is 1. The summed E-state index contributed by atoms with van der Waals surface area (Å²) < 4.78 is 0. The molecule has 1 aliphatic carbocycles. The Balaban J connectivity index is 1.58. The molecule has 2 N–H and O–H groups in total. The molecule has 1 unspecified atom stereocenters. The summed E-state index contributed by atoms with van der Waals surface area (Å²) in [6.07, 6.45) is 10.5. The number of carbonyl (C=O) groups is 1. The number of rotatable bonds is 3. The van der Waals surface area contributed by atoms with Crippen LogP contribution in [0.2, 0.25) is 0 Å². The van der Waals surface area contributed by atoms with Crippen LogP contribution in [-0.2, 0) is 0 Å². The monoisotopic (exact) mass is 343 g/mol. The highest BCUT2D eigenvalue weighted by Crippen LogP contribution is 2.35. The van der Waals surface area contributed by atoms with Gasteiger partial charge in [0.25, 0.3) is 5.91 Å². The molecule has 7 heteroatoms. The second kappa shape index (κ2) is 6.71. The molecule has 134 valence electrons. The van der Waals surface area contributed by atoms with Crippen molar-refractivity contribution in [1.29, 1.82) is 0 Å². The van der Waals surface area contributed by atoms with Crippen molar-refractivity contribution in [1.82, 2.24) is 25.3 Å². The van der Waals surface area contributed by atoms with Crippen LogP contribution < -0.4 is 0 Å². The van der Waals surface area contributed by atoms with Gasteiger partial charge in [0.1, 0.15) is 5.52 Å². The molecule has 0 bridgehead atoms. The van der Waals surface area contributed by atoms with E-state index in [2.05, 4.69) is 20.4 Å². The molecule has 2 aliphatic rings. The zero-order valence-electron chi connectivity index (χ0n) is 14.4. The summed E-state index contributed by atoms with van der Waals surface area (Å²) in [4.78, 5) is 19.3. The Morgan fingerprint density at radius 2 is 2.08 bits per heavy atom. The lowest BCUT2D eigenvalue weighted by atomic mass is 9.78. The molecule has 0 aromatic carbocycles. The van der Waals surface area contributed by atoms with E-state index in [1.807, 2.05) is 4.90 Å². The lowest BCUT2D eigenvalue weighted by Gasteiger charge is -2.42. The van der Waals surface area contributed by atoms with E-state index >= 15 is 0 Å². The van der Waals surface area contributed by atoms with Gasteiger partial charge in [0.2, 0.25) is 5.65 Å². The molecule has 0 radical (unpaired) electrons. The van der Waals surface area contributed by atoms with E-state index in [1.165, 1.54) is 6.42 Å². The SMILES string of the molecule is O=C(c1ccnc2n[nH]nc12)N1CCCCC1CC1(O)CCCCC1. The highest BCUT2D eigenvalue weighted by molar-refractivity contribution is 6.03. The first-order valence-electron chi connectivity index (χ1n) is 9.35. The van der Waals surface area contributed by atoms with E-state index < -0.39 is 5.60 Å². The number of pyridine rings is 1. The Bertz CT molecular complexity index is 753. The van der Waals surface area contributed by atoms with Crippen LogP contribution in [-0.4, -0.2) is 54.5 Å². The molecule has 3 heterocycles. The van der Waals surface area contributed by atoms with Crippen molar-refractivity contribution in [2.75, 3.05) is 6.54 Å². The standard InChI is InChI=1S/C18H25N5O2/c24-17(14-7-10-19-16-15(14)20-22-21-16)23-11-5-2-6-13(23)12-18(25)8-3-1-4-9-18/h7,10,13,25H,1-6,8-9,11-12H2,(H,19,20,21,22). The number of H-pyrrole nitrogens is 1. The first-order valence-corrected chi connectivity index (χ1v) is 9.35. The minimum atomic E-state index is -0.611. The number of likely N-dealkylation sites (tertiary alicyclic amines) is 1. The summed E-state index contributed by atoms with van der Waals surface area (Å²) in [5.74, 6) is -0.0228. The molecule has 2 fully saturated rings. The summed E-state index contributed by atoms with van der Waals surface area (Å²) in [6, 6.07) is 1.81. The van der Waals surface area contributed by atoms with Crippen molar-refractivity contribution in [3.05, 3.63) is 17.8 Å². The second-order valence-corrected chi connectivity index (χ2v) is 7.49. The molecule has 1 saturated heterocycles. The number of hydrogen-bond donors (Lipinski definition) is 2. The molecule has 1 amide bonds. The third-order valence-corrected chi connectivity index (χ3v) is 5.74. The predicted octanol–water partition coefficient (Wildman–Crippen LogP) is 2.43. The average molecular weight is 343 g/mol. The van der Waals surface area contributed by atoms with Gasteiger partial charge in [0, 0.05) is 18.8 Å². The number of aromatic amines is 1. The molecule has 2 aromatic heterocycles. The number of hydrogen-bond acceptors (Lipinski definition) is 5. The molecular formula is C18H25N5O2. The molecule has 4 rings (SSSR count). The maximum Gasteiger partial charge on any atom is 0.256 e. The van der Waals surface area contributed by atoms with Gasteiger partial charge in [-0.1, -0.05) is 19.3 Å². The number of amides is 1. The summed E-state index contributed by atoms with van der Waals surface area (Å²) >= 11 is 0. The Morgan fingerprint density at radius 3 is 2.92 bits per heavy atom. The third-order valence-electron chi connectivity index (χ3n) is 5.74. The van der Waals surface area contributed by atoms with Gasteiger partial charge in [-0.25, -0.2) is 4.98 Å². The Labute approximate surface area is 146 Å². The molecule has 2 aromatic rings. The molecule has 25 heavy (non-hydrogen) atoms. The number of carbonyl (C=O) groups excluding carboxylic acids is 1. The van der Waals surface area contributed by atoms with E-state index in [-0.39, 0.29) is 11.9 Å². The van der Waals surface area contributed by atoms with Crippen molar-refractivity contribution in [2.24, 2.45) is 0 Å². The molecule has 7 nitrogen and oxygen atoms in total. The maximum atomic E-state index is 13.2. The number of aliphatic hydroxyl groups is 1. The number of aromatic nitrogens is 4. The van der Waals surface area contributed by atoms with Crippen LogP contribution in [0, 0.1) is 0 Å². The minimum Gasteiger partial charge on any atom is -0.390 e. The van der Waals surface area contributed by atoms with Crippen LogP contribution in [0.5, 0.6) is 0 Å². The van der Waals surface area contributed by atoms with E-state index in [9.17, 15) is 9.90 Å². The van der Waals surface area contributed by atoms with E-state index in [1.54, 1.807) is 12.3 Å².